The van der Waals surface area contributed by atoms with Crippen molar-refractivity contribution in [3.8, 4) is 17.8 Å². The number of fused-ring (bicyclic) bond motifs is 3. The van der Waals surface area contributed by atoms with Gasteiger partial charge in [0.15, 0.2) is 11.5 Å². The molecule has 2 aliphatic rings. The Hall–Kier alpha value is -4.32. The fourth-order valence-electron chi connectivity index (χ4n) is 4.54. The summed E-state index contributed by atoms with van der Waals surface area (Å²) in [5, 5.41) is 19.1. The molecular formula is C25H24N6O3. The van der Waals surface area contributed by atoms with E-state index in [1.165, 1.54) is 18.7 Å². The molecule has 0 bridgehead atoms. The number of phenolic OH excluding ortho intramolecular Hbond substituents is 1. The van der Waals surface area contributed by atoms with E-state index in [-0.39, 0.29) is 29.8 Å². The van der Waals surface area contributed by atoms with Crippen molar-refractivity contribution in [3.63, 3.8) is 0 Å². The number of aromatic hydroxyl groups is 1. The van der Waals surface area contributed by atoms with Gasteiger partial charge in [0.25, 0.3) is 11.9 Å². The van der Waals surface area contributed by atoms with Crippen molar-refractivity contribution in [1.29, 1.82) is 5.26 Å². The molecule has 0 saturated heterocycles. The first-order chi connectivity index (χ1) is 16.5. The summed E-state index contributed by atoms with van der Waals surface area (Å²) in [6.07, 6.45) is 0.768. The molecule has 9 nitrogen and oxygen atoms in total. The zero-order valence-corrected chi connectivity index (χ0v) is 19.0. The van der Waals surface area contributed by atoms with Gasteiger partial charge >= 0.3 is 0 Å². The van der Waals surface area contributed by atoms with Gasteiger partial charge in [-0.1, -0.05) is 36.4 Å². The molecule has 1 amide bonds. The van der Waals surface area contributed by atoms with Gasteiger partial charge in [-0.3, -0.25) is 19.2 Å². The SMILES string of the molecule is CCN1C(=O)c2c(nc(OC)n2Cc2ccc(O)c(C#N)c2)N2C[C@@H](Cc3ccccc3)N=C12. The molecule has 0 spiro atoms. The Balaban J connectivity index is 1.53. The number of imidazole rings is 1. The summed E-state index contributed by atoms with van der Waals surface area (Å²) in [6, 6.07) is 17.2. The van der Waals surface area contributed by atoms with Crippen LogP contribution in [0.5, 0.6) is 11.8 Å². The monoisotopic (exact) mass is 456 g/mol. The molecule has 1 aromatic heterocycles. The normalized spacial score (nSPS) is 16.7. The molecule has 0 aliphatic carbocycles. The summed E-state index contributed by atoms with van der Waals surface area (Å²) >= 11 is 0. The zero-order chi connectivity index (χ0) is 23.8. The molecule has 2 aliphatic heterocycles. The van der Waals surface area contributed by atoms with Gasteiger partial charge in [0.05, 0.1) is 31.8 Å². The molecule has 0 fully saturated rings. The van der Waals surface area contributed by atoms with Crippen LogP contribution in [0.2, 0.25) is 0 Å². The van der Waals surface area contributed by atoms with Crippen molar-refractivity contribution >= 4 is 17.7 Å². The molecule has 3 aromatic rings. The summed E-state index contributed by atoms with van der Waals surface area (Å²) in [6.45, 7) is 3.26. The largest absolute Gasteiger partial charge is 0.507 e. The highest BCUT2D eigenvalue weighted by molar-refractivity contribution is 6.18. The maximum absolute atomic E-state index is 13.6. The molecular weight excluding hydrogens is 432 g/mol. The van der Waals surface area contributed by atoms with E-state index in [1.807, 2.05) is 36.1 Å². The third-order valence-electron chi connectivity index (χ3n) is 6.13. The maximum Gasteiger partial charge on any atom is 0.299 e. The van der Waals surface area contributed by atoms with E-state index in [0.717, 1.165) is 12.0 Å². The van der Waals surface area contributed by atoms with Crippen LogP contribution in [-0.4, -0.2) is 57.7 Å². The number of hydrogen-bond donors (Lipinski definition) is 1. The Labute approximate surface area is 197 Å². The van der Waals surface area contributed by atoms with E-state index >= 15 is 0 Å². The van der Waals surface area contributed by atoms with Crippen LogP contribution in [0.25, 0.3) is 0 Å². The number of phenols is 1. The number of ether oxygens (including phenoxy) is 1. The van der Waals surface area contributed by atoms with Crippen LogP contribution in [-0.2, 0) is 13.0 Å². The molecule has 3 heterocycles. The second-order valence-electron chi connectivity index (χ2n) is 8.25. The number of rotatable bonds is 6. The topological polar surface area (TPSA) is 107 Å². The minimum atomic E-state index is -0.192. The molecule has 0 radical (unpaired) electrons. The second-order valence-corrected chi connectivity index (χ2v) is 8.25. The summed E-state index contributed by atoms with van der Waals surface area (Å²) in [4.78, 5) is 26.8. The van der Waals surface area contributed by atoms with Gasteiger partial charge in [-0.15, -0.1) is 0 Å². The molecule has 9 heteroatoms. The van der Waals surface area contributed by atoms with Crippen molar-refractivity contribution in [3.05, 3.63) is 70.9 Å². The number of aromatic nitrogens is 2. The maximum atomic E-state index is 13.6. The molecule has 0 saturated carbocycles. The predicted molar refractivity (Wildman–Crippen MR) is 126 cm³/mol. The van der Waals surface area contributed by atoms with E-state index in [1.54, 1.807) is 21.6 Å². The first-order valence-corrected chi connectivity index (χ1v) is 11.1. The van der Waals surface area contributed by atoms with Gasteiger partial charge in [0.1, 0.15) is 11.8 Å². The predicted octanol–water partition coefficient (Wildman–Crippen LogP) is 2.78. The molecule has 1 N–H and O–H groups in total. The number of guanidine groups is 1. The number of hydrogen-bond acceptors (Lipinski definition) is 7. The number of benzene rings is 2. The van der Waals surface area contributed by atoms with Crippen molar-refractivity contribution in [2.24, 2.45) is 4.99 Å². The first kappa shape index (κ1) is 21.5. The molecule has 172 valence electrons. The standard InChI is InChI=1S/C25H24N6O3/c1-3-29-23(33)21-22(31-15-19(27-24(29)31)12-16-7-5-4-6-8-16)28-25(34-2)30(21)14-17-9-10-20(32)18(11-17)13-26/h4-11,19,32H,3,12,14-15H2,1-2H3/t19-/m1/s1. The fraction of sp³-hybridized carbons (Fsp3) is 0.280. The third-order valence-corrected chi connectivity index (χ3v) is 6.13. The zero-order valence-electron chi connectivity index (χ0n) is 19.0. The van der Waals surface area contributed by atoms with E-state index in [2.05, 4.69) is 17.1 Å². The van der Waals surface area contributed by atoms with Crippen molar-refractivity contribution in [2.45, 2.75) is 25.9 Å². The lowest BCUT2D eigenvalue weighted by atomic mass is 10.1. The molecule has 34 heavy (non-hydrogen) atoms. The highest BCUT2D eigenvalue weighted by atomic mass is 16.5. The summed E-state index contributed by atoms with van der Waals surface area (Å²) < 4.78 is 7.26. The molecule has 0 unspecified atom stereocenters. The quantitative estimate of drug-likeness (QED) is 0.611. The van der Waals surface area contributed by atoms with Crippen LogP contribution in [0, 0.1) is 11.3 Å². The highest BCUT2D eigenvalue weighted by Gasteiger charge is 2.43. The van der Waals surface area contributed by atoms with Crippen molar-refractivity contribution in [2.75, 3.05) is 25.1 Å². The second kappa shape index (κ2) is 8.56. The Kier molecular flexibility index (Phi) is 5.42. The van der Waals surface area contributed by atoms with Gasteiger partial charge in [-0.25, -0.2) is 4.99 Å². The smallest absolute Gasteiger partial charge is 0.299 e. The third kappa shape index (κ3) is 3.53. The summed E-state index contributed by atoms with van der Waals surface area (Å²) in [5.74, 6) is 0.870. The van der Waals surface area contributed by atoms with E-state index in [0.29, 0.717) is 36.6 Å². The van der Waals surface area contributed by atoms with Crippen LogP contribution in [0.4, 0.5) is 5.82 Å². The van der Waals surface area contributed by atoms with Crippen LogP contribution in [0.1, 0.15) is 34.1 Å². The number of nitrogens with zero attached hydrogens (tertiary/aromatic N) is 6. The van der Waals surface area contributed by atoms with Gasteiger partial charge in [0.2, 0.25) is 5.96 Å². The molecule has 1 atom stereocenters. The van der Waals surface area contributed by atoms with Crippen LogP contribution in [0.3, 0.4) is 0 Å². The number of methoxy groups -OCH3 is 1. The number of carbonyl (C=O) groups excluding carboxylic acids is 1. The Morgan fingerprint density at radius 3 is 2.71 bits per heavy atom. The number of carbonyl (C=O) groups is 1. The number of aliphatic imine (C=N–C) groups is 1. The van der Waals surface area contributed by atoms with E-state index in [4.69, 9.17) is 9.73 Å². The van der Waals surface area contributed by atoms with E-state index in [9.17, 15) is 15.2 Å². The summed E-state index contributed by atoms with van der Waals surface area (Å²) in [5.41, 5.74) is 2.52. The number of amides is 1. The van der Waals surface area contributed by atoms with Crippen LogP contribution < -0.4 is 9.64 Å². The first-order valence-electron chi connectivity index (χ1n) is 11.1. The lowest BCUT2D eigenvalue weighted by molar-refractivity contribution is 0.0835. The lowest BCUT2D eigenvalue weighted by Crippen LogP contribution is -2.50. The van der Waals surface area contributed by atoms with Gasteiger partial charge in [-0.2, -0.15) is 10.2 Å². The minimum Gasteiger partial charge on any atom is -0.507 e. The molecule has 2 aromatic carbocycles. The Bertz CT molecular complexity index is 1320. The summed E-state index contributed by atoms with van der Waals surface area (Å²) in [7, 11) is 1.51. The van der Waals surface area contributed by atoms with Crippen LogP contribution in [0.15, 0.2) is 53.5 Å². The fourth-order valence-corrected chi connectivity index (χ4v) is 4.54. The molecule has 5 rings (SSSR count). The van der Waals surface area contributed by atoms with Crippen molar-refractivity contribution in [1.82, 2.24) is 14.5 Å². The Morgan fingerprint density at radius 1 is 1.21 bits per heavy atom. The number of nitriles is 1. The average Bonchev–Trinajstić information content (AvgIpc) is 3.42. The lowest BCUT2D eigenvalue weighted by Gasteiger charge is -2.32. The minimum absolute atomic E-state index is 0.00312. The van der Waals surface area contributed by atoms with Gasteiger partial charge in [0, 0.05) is 6.54 Å². The van der Waals surface area contributed by atoms with Gasteiger partial charge < -0.3 is 9.84 Å². The van der Waals surface area contributed by atoms with E-state index < -0.39 is 0 Å². The Morgan fingerprint density at radius 2 is 2.00 bits per heavy atom. The highest BCUT2D eigenvalue weighted by Crippen LogP contribution is 2.35. The average molecular weight is 457 g/mol. The van der Waals surface area contributed by atoms with Crippen molar-refractivity contribution < 1.29 is 14.6 Å². The van der Waals surface area contributed by atoms with Gasteiger partial charge in [-0.05, 0) is 36.6 Å². The number of anilines is 1. The van der Waals surface area contributed by atoms with Crippen LogP contribution >= 0.6 is 0 Å².